The van der Waals surface area contributed by atoms with Gasteiger partial charge in [-0.3, -0.25) is 4.79 Å². The van der Waals surface area contributed by atoms with Gasteiger partial charge in [-0.1, -0.05) is 6.07 Å². The average Bonchev–Trinajstić information content (AvgIpc) is 2.25. The second-order valence-electron chi connectivity index (χ2n) is 3.62. The van der Waals surface area contributed by atoms with Gasteiger partial charge >= 0.3 is 0 Å². The van der Waals surface area contributed by atoms with Crippen LogP contribution in [0.5, 0.6) is 0 Å². The van der Waals surface area contributed by atoms with Gasteiger partial charge in [0, 0.05) is 25.1 Å². The molecule has 17 heavy (non-hydrogen) atoms. The molecule has 2 atom stereocenters. The molecule has 1 amide bonds. The number of nitrogens with one attached hydrogen (secondary N) is 1. The Morgan fingerprint density at radius 3 is 2.59 bits per heavy atom. The van der Waals surface area contributed by atoms with E-state index in [1.54, 1.807) is 0 Å². The first kappa shape index (κ1) is 13.5. The summed E-state index contributed by atoms with van der Waals surface area (Å²) in [4.78, 5) is 10.6. The van der Waals surface area contributed by atoms with Gasteiger partial charge in [-0.2, -0.15) is 0 Å². The molecule has 1 aromatic carbocycles. The Morgan fingerprint density at radius 2 is 2.06 bits per heavy atom. The van der Waals surface area contributed by atoms with Gasteiger partial charge in [0.1, 0.15) is 23.8 Å². The minimum Gasteiger partial charge on any atom is -0.388 e. The second-order valence-corrected chi connectivity index (χ2v) is 3.62. The van der Waals surface area contributed by atoms with Crippen LogP contribution in [0, 0.1) is 11.6 Å². The van der Waals surface area contributed by atoms with Crippen LogP contribution in [-0.2, 0) is 4.79 Å². The molecule has 2 unspecified atom stereocenters. The third kappa shape index (κ3) is 3.76. The van der Waals surface area contributed by atoms with Crippen LogP contribution in [0.3, 0.4) is 0 Å². The maximum atomic E-state index is 13.3. The normalized spacial score (nSPS) is 14.2. The lowest BCUT2D eigenvalue weighted by Crippen LogP contribution is -2.34. The van der Waals surface area contributed by atoms with Gasteiger partial charge in [0.2, 0.25) is 5.91 Å². The molecule has 0 bridgehead atoms. The third-order valence-electron chi connectivity index (χ3n) is 2.21. The topological polar surface area (TPSA) is 69.6 Å². The molecule has 0 fully saturated rings. The molecule has 0 aromatic heterocycles. The fourth-order valence-electron chi connectivity index (χ4n) is 1.31. The summed E-state index contributed by atoms with van der Waals surface area (Å²) in [7, 11) is 0. The number of aliphatic hydroxyl groups is 2. The van der Waals surface area contributed by atoms with Crippen molar-refractivity contribution in [3.63, 3.8) is 0 Å². The first-order chi connectivity index (χ1) is 7.91. The van der Waals surface area contributed by atoms with Gasteiger partial charge in [0.15, 0.2) is 0 Å². The van der Waals surface area contributed by atoms with Crippen LogP contribution in [0.1, 0.15) is 18.6 Å². The minimum atomic E-state index is -1.53. The van der Waals surface area contributed by atoms with E-state index in [9.17, 15) is 23.8 Å². The Labute approximate surface area is 96.9 Å². The van der Waals surface area contributed by atoms with Crippen LogP contribution >= 0.6 is 0 Å². The van der Waals surface area contributed by atoms with Crippen molar-refractivity contribution in [2.24, 2.45) is 0 Å². The Hall–Kier alpha value is -1.53. The summed E-state index contributed by atoms with van der Waals surface area (Å²) >= 11 is 0. The predicted octanol–water partition coefficient (Wildman–Crippen LogP) is 0.495. The number of aliphatic hydroxyl groups excluding tert-OH is 2. The molecule has 0 saturated carbocycles. The van der Waals surface area contributed by atoms with E-state index in [2.05, 4.69) is 5.32 Å². The lowest BCUT2D eigenvalue weighted by Gasteiger charge is -2.18. The van der Waals surface area contributed by atoms with Crippen molar-refractivity contribution in [2.45, 2.75) is 19.1 Å². The van der Waals surface area contributed by atoms with Gasteiger partial charge in [0.25, 0.3) is 0 Å². The Balaban J connectivity index is 2.74. The van der Waals surface area contributed by atoms with E-state index in [0.29, 0.717) is 6.07 Å². The van der Waals surface area contributed by atoms with E-state index < -0.39 is 23.8 Å². The monoisotopic (exact) mass is 245 g/mol. The van der Waals surface area contributed by atoms with Gasteiger partial charge in [-0.25, -0.2) is 8.78 Å². The van der Waals surface area contributed by atoms with Gasteiger partial charge in [0.05, 0.1) is 0 Å². The average molecular weight is 245 g/mol. The van der Waals surface area contributed by atoms with E-state index in [0.717, 1.165) is 12.1 Å². The van der Waals surface area contributed by atoms with Gasteiger partial charge < -0.3 is 15.5 Å². The number of rotatable bonds is 4. The molecule has 0 aliphatic carbocycles. The largest absolute Gasteiger partial charge is 0.388 e. The molecule has 4 nitrogen and oxygen atoms in total. The summed E-state index contributed by atoms with van der Waals surface area (Å²) in [6.45, 7) is 1.03. The van der Waals surface area contributed by atoms with Crippen molar-refractivity contribution in [3.8, 4) is 0 Å². The van der Waals surface area contributed by atoms with Gasteiger partial charge in [-0.15, -0.1) is 0 Å². The number of benzene rings is 1. The molecule has 3 N–H and O–H groups in total. The molecule has 0 aliphatic heterocycles. The smallest absolute Gasteiger partial charge is 0.216 e. The van der Waals surface area contributed by atoms with Crippen LogP contribution in [0.15, 0.2) is 18.2 Å². The summed E-state index contributed by atoms with van der Waals surface area (Å²) in [5, 5.41) is 21.4. The fraction of sp³-hybridized carbons (Fsp3) is 0.364. The van der Waals surface area contributed by atoms with Crippen molar-refractivity contribution >= 4 is 5.91 Å². The molecule has 0 radical (unpaired) electrons. The van der Waals surface area contributed by atoms with Crippen LogP contribution in [0.4, 0.5) is 8.78 Å². The van der Waals surface area contributed by atoms with Gasteiger partial charge in [-0.05, 0) is 6.07 Å². The lowest BCUT2D eigenvalue weighted by atomic mass is 10.0. The lowest BCUT2D eigenvalue weighted by molar-refractivity contribution is -0.119. The fourth-order valence-corrected chi connectivity index (χ4v) is 1.31. The summed E-state index contributed by atoms with van der Waals surface area (Å²) in [6, 6.07) is 2.64. The molecule has 1 rings (SSSR count). The maximum Gasteiger partial charge on any atom is 0.216 e. The molecule has 6 heteroatoms. The highest BCUT2D eigenvalue weighted by molar-refractivity contribution is 5.72. The number of amides is 1. The number of hydrogen-bond donors (Lipinski definition) is 3. The molecule has 0 heterocycles. The first-order valence-corrected chi connectivity index (χ1v) is 4.97. The third-order valence-corrected chi connectivity index (χ3v) is 2.21. The molecule has 0 saturated heterocycles. The molecule has 94 valence electrons. The number of halogens is 2. The van der Waals surface area contributed by atoms with Crippen molar-refractivity contribution in [1.29, 1.82) is 0 Å². The Bertz CT molecular complexity index is 412. The van der Waals surface area contributed by atoms with Crippen molar-refractivity contribution in [3.05, 3.63) is 35.4 Å². The molecular weight excluding hydrogens is 232 g/mol. The standard InChI is InChI=1S/C11H13F2NO3/c1-6(15)14-5-10(16)11(17)8-3-2-7(12)4-9(8)13/h2-4,10-11,16-17H,5H2,1H3,(H,14,15). The van der Waals surface area contributed by atoms with E-state index in [1.165, 1.54) is 6.92 Å². The summed E-state index contributed by atoms with van der Waals surface area (Å²) in [5.74, 6) is -2.09. The van der Waals surface area contributed by atoms with Crippen LogP contribution < -0.4 is 5.32 Å². The molecular formula is C11H13F2NO3. The number of carbonyl (C=O) groups excluding carboxylic acids is 1. The van der Waals surface area contributed by atoms with Crippen molar-refractivity contribution in [1.82, 2.24) is 5.32 Å². The maximum absolute atomic E-state index is 13.3. The van der Waals surface area contributed by atoms with Crippen molar-refractivity contribution in [2.75, 3.05) is 6.54 Å². The number of hydrogen-bond acceptors (Lipinski definition) is 3. The van der Waals surface area contributed by atoms with E-state index in [1.807, 2.05) is 0 Å². The van der Waals surface area contributed by atoms with E-state index in [4.69, 9.17) is 0 Å². The highest BCUT2D eigenvalue weighted by atomic mass is 19.1. The quantitative estimate of drug-likeness (QED) is 0.723. The summed E-state index contributed by atoms with van der Waals surface area (Å²) in [6.07, 6.45) is -2.89. The Morgan fingerprint density at radius 1 is 1.41 bits per heavy atom. The second kappa shape index (κ2) is 5.70. The van der Waals surface area contributed by atoms with Crippen LogP contribution in [-0.4, -0.2) is 28.8 Å². The van der Waals surface area contributed by atoms with Crippen LogP contribution in [0.2, 0.25) is 0 Å². The zero-order valence-electron chi connectivity index (χ0n) is 9.15. The molecule has 0 aliphatic rings. The summed E-state index contributed by atoms with van der Waals surface area (Å²) in [5.41, 5.74) is -0.218. The summed E-state index contributed by atoms with van der Waals surface area (Å²) < 4.78 is 25.9. The zero-order valence-corrected chi connectivity index (χ0v) is 9.15. The highest BCUT2D eigenvalue weighted by Crippen LogP contribution is 2.20. The minimum absolute atomic E-state index is 0.215. The number of carbonyl (C=O) groups is 1. The SMILES string of the molecule is CC(=O)NCC(O)C(O)c1ccc(F)cc1F. The highest BCUT2D eigenvalue weighted by Gasteiger charge is 2.21. The van der Waals surface area contributed by atoms with E-state index in [-0.39, 0.29) is 18.0 Å². The van der Waals surface area contributed by atoms with E-state index >= 15 is 0 Å². The molecule has 0 spiro atoms. The Kier molecular flexibility index (Phi) is 4.53. The first-order valence-electron chi connectivity index (χ1n) is 4.97. The zero-order chi connectivity index (χ0) is 13.0. The van der Waals surface area contributed by atoms with Crippen molar-refractivity contribution < 1.29 is 23.8 Å². The van der Waals surface area contributed by atoms with Crippen LogP contribution in [0.25, 0.3) is 0 Å². The molecule has 1 aromatic rings. The predicted molar refractivity (Wildman–Crippen MR) is 56.0 cm³/mol.